The first-order valence-electron chi connectivity index (χ1n) is 8.71. The number of ether oxygens (including phenoxy) is 1. The summed E-state index contributed by atoms with van der Waals surface area (Å²) in [5, 5.41) is 4.90. The summed E-state index contributed by atoms with van der Waals surface area (Å²) in [7, 11) is 0. The van der Waals surface area contributed by atoms with Crippen molar-refractivity contribution in [1.29, 1.82) is 0 Å². The fraction of sp³-hybridized carbons (Fsp3) is 0.250. The Morgan fingerprint density at radius 1 is 0.828 bits per heavy atom. The number of carbonyl (C=O) groups excluding carboxylic acids is 3. The molecule has 6 nitrogen and oxygen atoms in total. The van der Waals surface area contributed by atoms with Crippen LogP contribution in [0.25, 0.3) is 0 Å². The van der Waals surface area contributed by atoms with E-state index in [1.54, 1.807) is 30.3 Å². The number of anilines is 2. The average molecular weight is 408 g/mol. The van der Waals surface area contributed by atoms with Crippen LogP contribution >= 0.6 is 0 Å². The largest absolute Gasteiger partial charge is 0.456 e. The molecule has 0 aliphatic rings. The molecule has 0 atom stereocenters. The Kier molecular flexibility index (Phi) is 7.76. The molecule has 0 aliphatic carbocycles. The monoisotopic (exact) mass is 408 g/mol. The number of nitrogens with one attached hydrogen (secondary N) is 2. The SMILES string of the molecule is O=C(CCCC(=O)OCC(=O)Nc1ccccc1)Nc1cccc(C(F)(F)F)c1. The summed E-state index contributed by atoms with van der Waals surface area (Å²) in [4.78, 5) is 35.1. The summed E-state index contributed by atoms with van der Waals surface area (Å²) in [5.74, 6) is -1.68. The molecule has 2 aromatic rings. The third-order valence-electron chi connectivity index (χ3n) is 3.68. The normalized spacial score (nSPS) is 10.9. The highest BCUT2D eigenvalue weighted by molar-refractivity contribution is 5.93. The molecule has 2 amide bonds. The average Bonchev–Trinajstić information content (AvgIpc) is 2.67. The number of carbonyl (C=O) groups is 3. The lowest BCUT2D eigenvalue weighted by atomic mass is 10.2. The van der Waals surface area contributed by atoms with Gasteiger partial charge in [0, 0.05) is 24.2 Å². The zero-order valence-electron chi connectivity index (χ0n) is 15.3. The van der Waals surface area contributed by atoms with E-state index in [9.17, 15) is 27.6 Å². The van der Waals surface area contributed by atoms with Gasteiger partial charge in [-0.2, -0.15) is 13.2 Å². The van der Waals surface area contributed by atoms with Crippen LogP contribution in [0.1, 0.15) is 24.8 Å². The van der Waals surface area contributed by atoms with Gasteiger partial charge in [-0.05, 0) is 36.8 Å². The van der Waals surface area contributed by atoms with E-state index in [4.69, 9.17) is 4.74 Å². The van der Waals surface area contributed by atoms with Crippen molar-refractivity contribution in [3.63, 3.8) is 0 Å². The van der Waals surface area contributed by atoms with Crippen LogP contribution in [0.15, 0.2) is 54.6 Å². The van der Waals surface area contributed by atoms with Crippen molar-refractivity contribution in [1.82, 2.24) is 0 Å². The Morgan fingerprint density at radius 2 is 1.48 bits per heavy atom. The highest BCUT2D eigenvalue weighted by Gasteiger charge is 2.30. The van der Waals surface area contributed by atoms with Gasteiger partial charge in [0.1, 0.15) is 0 Å². The molecule has 0 spiro atoms. The van der Waals surface area contributed by atoms with Gasteiger partial charge in [0.05, 0.1) is 5.56 Å². The van der Waals surface area contributed by atoms with Crippen molar-refractivity contribution in [2.45, 2.75) is 25.4 Å². The maximum absolute atomic E-state index is 12.7. The van der Waals surface area contributed by atoms with Gasteiger partial charge in [-0.15, -0.1) is 0 Å². The molecule has 0 saturated carbocycles. The number of hydrogen-bond acceptors (Lipinski definition) is 4. The van der Waals surface area contributed by atoms with Crippen molar-refractivity contribution in [3.8, 4) is 0 Å². The fourth-order valence-electron chi connectivity index (χ4n) is 2.33. The van der Waals surface area contributed by atoms with Gasteiger partial charge in [-0.3, -0.25) is 14.4 Å². The summed E-state index contributed by atoms with van der Waals surface area (Å²) >= 11 is 0. The van der Waals surface area contributed by atoms with Crippen molar-refractivity contribution in [2.75, 3.05) is 17.2 Å². The minimum Gasteiger partial charge on any atom is -0.456 e. The van der Waals surface area contributed by atoms with Crippen molar-refractivity contribution in [2.24, 2.45) is 0 Å². The summed E-state index contributed by atoms with van der Waals surface area (Å²) in [6.45, 7) is -0.454. The molecule has 0 bridgehead atoms. The van der Waals surface area contributed by atoms with E-state index in [1.165, 1.54) is 12.1 Å². The molecule has 0 aliphatic heterocycles. The van der Waals surface area contributed by atoms with Crippen molar-refractivity contribution < 1.29 is 32.3 Å². The molecule has 0 fully saturated rings. The molecular weight excluding hydrogens is 389 g/mol. The highest BCUT2D eigenvalue weighted by atomic mass is 19.4. The number of rotatable bonds is 8. The second-order valence-electron chi connectivity index (χ2n) is 6.06. The maximum Gasteiger partial charge on any atom is 0.416 e. The van der Waals surface area contributed by atoms with Gasteiger partial charge >= 0.3 is 12.1 Å². The van der Waals surface area contributed by atoms with Crippen molar-refractivity contribution >= 4 is 29.2 Å². The molecule has 0 heterocycles. The number of halogens is 3. The van der Waals surface area contributed by atoms with Crippen LogP contribution in [0, 0.1) is 0 Å². The lowest BCUT2D eigenvalue weighted by Crippen LogP contribution is -2.21. The van der Waals surface area contributed by atoms with Gasteiger partial charge in [-0.1, -0.05) is 24.3 Å². The second-order valence-corrected chi connectivity index (χ2v) is 6.06. The molecule has 0 aromatic heterocycles. The lowest BCUT2D eigenvalue weighted by Gasteiger charge is -2.10. The highest BCUT2D eigenvalue weighted by Crippen LogP contribution is 2.30. The predicted octanol–water partition coefficient (Wildman–Crippen LogP) is 4.00. The molecule has 0 unspecified atom stereocenters. The fourth-order valence-corrected chi connectivity index (χ4v) is 2.33. The molecule has 154 valence electrons. The molecule has 2 N–H and O–H groups in total. The van der Waals surface area contributed by atoms with E-state index in [2.05, 4.69) is 10.6 Å². The standard InChI is InChI=1S/C20H19F3N2O4/c21-20(22,23)14-6-4-9-16(12-14)25-17(26)10-5-11-19(28)29-13-18(27)24-15-7-2-1-3-8-15/h1-4,6-9,12H,5,10-11,13H2,(H,24,27)(H,25,26). The Bertz CT molecular complexity index is 854. The molecule has 29 heavy (non-hydrogen) atoms. The first-order chi connectivity index (χ1) is 13.7. The van der Waals surface area contributed by atoms with Gasteiger partial charge in [0.2, 0.25) is 5.91 Å². The Hall–Kier alpha value is -3.36. The number of hydrogen-bond donors (Lipinski definition) is 2. The topological polar surface area (TPSA) is 84.5 Å². The van der Waals surface area contributed by atoms with Gasteiger partial charge in [0.15, 0.2) is 6.61 Å². The zero-order chi connectivity index (χ0) is 21.3. The number of para-hydroxylation sites is 1. The minimum absolute atomic E-state index is 0.0185. The van der Waals surface area contributed by atoms with Crippen LogP contribution in [0.2, 0.25) is 0 Å². The van der Waals surface area contributed by atoms with Crippen LogP contribution < -0.4 is 10.6 Å². The van der Waals surface area contributed by atoms with Gasteiger partial charge < -0.3 is 15.4 Å². The van der Waals surface area contributed by atoms with Crippen LogP contribution in [0.5, 0.6) is 0 Å². The first-order valence-corrected chi connectivity index (χ1v) is 8.71. The van der Waals surface area contributed by atoms with E-state index in [0.29, 0.717) is 5.69 Å². The molecule has 0 saturated heterocycles. The summed E-state index contributed by atoms with van der Waals surface area (Å²) in [6.07, 6.45) is -4.56. The van der Waals surface area contributed by atoms with Gasteiger partial charge in [0.25, 0.3) is 5.91 Å². The van der Waals surface area contributed by atoms with E-state index < -0.39 is 36.1 Å². The molecule has 2 aromatic carbocycles. The third-order valence-corrected chi connectivity index (χ3v) is 3.68. The van der Waals surface area contributed by atoms with Crippen LogP contribution in [0.3, 0.4) is 0 Å². The number of benzene rings is 2. The number of amides is 2. The summed E-state index contributed by atoms with van der Waals surface area (Å²) in [5.41, 5.74) is -0.280. The van der Waals surface area contributed by atoms with Crippen LogP contribution in [-0.2, 0) is 25.3 Å². The Balaban J connectivity index is 1.66. The quantitative estimate of drug-likeness (QED) is 0.647. The second kappa shape index (κ2) is 10.3. The number of alkyl halides is 3. The van der Waals surface area contributed by atoms with E-state index in [-0.39, 0.29) is 24.9 Å². The van der Waals surface area contributed by atoms with E-state index >= 15 is 0 Å². The summed E-state index contributed by atoms with van der Waals surface area (Å²) in [6, 6.07) is 12.9. The minimum atomic E-state index is -4.50. The Morgan fingerprint density at radius 3 is 2.17 bits per heavy atom. The lowest BCUT2D eigenvalue weighted by molar-refractivity contribution is -0.147. The molecule has 2 rings (SSSR count). The smallest absolute Gasteiger partial charge is 0.416 e. The first kappa shape index (κ1) is 21.9. The van der Waals surface area contributed by atoms with Crippen LogP contribution in [-0.4, -0.2) is 24.4 Å². The molecule has 9 heteroatoms. The van der Waals surface area contributed by atoms with E-state index in [0.717, 1.165) is 12.1 Å². The Labute approximate surface area is 165 Å². The molecule has 0 radical (unpaired) electrons. The number of esters is 1. The van der Waals surface area contributed by atoms with E-state index in [1.807, 2.05) is 0 Å². The summed E-state index contributed by atoms with van der Waals surface area (Å²) < 4.78 is 42.8. The predicted molar refractivity (Wildman–Crippen MR) is 100.0 cm³/mol. The maximum atomic E-state index is 12.7. The van der Waals surface area contributed by atoms with Crippen LogP contribution in [0.4, 0.5) is 24.5 Å². The third kappa shape index (κ3) is 8.04. The molecular formula is C20H19F3N2O4. The van der Waals surface area contributed by atoms with Gasteiger partial charge in [-0.25, -0.2) is 0 Å². The van der Waals surface area contributed by atoms with Crippen molar-refractivity contribution in [3.05, 3.63) is 60.2 Å². The zero-order valence-corrected chi connectivity index (χ0v) is 15.3.